The zero-order valence-electron chi connectivity index (χ0n) is 15.9. The number of hydrogen-bond acceptors (Lipinski definition) is 3. The topological polar surface area (TPSA) is 68.4 Å². The van der Waals surface area contributed by atoms with Gasteiger partial charge in [0.2, 0.25) is 11.8 Å². The number of alkyl halides is 2. The van der Waals surface area contributed by atoms with Crippen LogP contribution < -0.4 is 11.0 Å². The first-order valence-electron chi connectivity index (χ1n) is 9.34. The molecule has 1 saturated carbocycles. The number of nitrogens with one attached hydrogen (secondary N) is 1. The maximum Gasteiger partial charge on any atom is 0.350 e. The van der Waals surface area contributed by atoms with Gasteiger partial charge in [0, 0.05) is 19.0 Å². The lowest BCUT2D eigenvalue weighted by Crippen LogP contribution is -2.34. The van der Waals surface area contributed by atoms with Gasteiger partial charge >= 0.3 is 5.69 Å². The number of nitrogens with zero attached hydrogens (tertiary/aromatic N) is 3. The standard InChI is InChI=1S/C20H18F4N4O2/c1-11(12-2-3-15(21)16(22)6-12)25-18(29)10-28-19(30)27-5-4-13(7-17(27)26-28)14-8-20(23,24)9-14/h2-7,11,14H,8-10H2,1H3,(H,25,29)/t11-/m0/s1. The number of hydrogen-bond donors (Lipinski definition) is 1. The lowest BCUT2D eigenvalue weighted by atomic mass is 9.77. The van der Waals surface area contributed by atoms with E-state index in [2.05, 4.69) is 10.4 Å². The molecule has 0 unspecified atom stereocenters. The molecule has 1 N–H and O–H groups in total. The average molecular weight is 422 g/mol. The van der Waals surface area contributed by atoms with Gasteiger partial charge in [0.25, 0.3) is 0 Å². The SMILES string of the molecule is C[C@H](NC(=O)Cn1nc2cc(C3CC(F)(F)C3)ccn2c1=O)c1ccc(F)c(F)c1. The zero-order chi connectivity index (χ0) is 21.6. The Morgan fingerprint density at radius 1 is 1.23 bits per heavy atom. The highest BCUT2D eigenvalue weighted by atomic mass is 19.3. The van der Waals surface area contributed by atoms with Crippen LogP contribution in [0.2, 0.25) is 0 Å². The van der Waals surface area contributed by atoms with Gasteiger partial charge in [-0.1, -0.05) is 6.07 Å². The Hall–Kier alpha value is -3.17. The maximum absolute atomic E-state index is 13.4. The molecule has 0 spiro atoms. The summed E-state index contributed by atoms with van der Waals surface area (Å²) in [5.74, 6) is -5.50. The van der Waals surface area contributed by atoms with E-state index >= 15 is 0 Å². The molecule has 0 saturated heterocycles. The van der Waals surface area contributed by atoms with Crippen molar-refractivity contribution in [3.8, 4) is 0 Å². The van der Waals surface area contributed by atoms with Crippen molar-refractivity contribution in [2.45, 2.75) is 44.2 Å². The number of amides is 1. The highest BCUT2D eigenvalue weighted by molar-refractivity contribution is 5.76. The molecule has 1 amide bonds. The fourth-order valence-corrected chi connectivity index (χ4v) is 3.58. The summed E-state index contributed by atoms with van der Waals surface area (Å²) in [7, 11) is 0. The van der Waals surface area contributed by atoms with E-state index in [0.717, 1.165) is 16.8 Å². The number of aromatic nitrogens is 3. The predicted molar refractivity (Wildman–Crippen MR) is 99.3 cm³/mol. The summed E-state index contributed by atoms with van der Waals surface area (Å²) in [5.41, 5.74) is 0.744. The maximum atomic E-state index is 13.4. The van der Waals surface area contributed by atoms with E-state index in [1.807, 2.05) is 0 Å². The van der Waals surface area contributed by atoms with Gasteiger partial charge < -0.3 is 5.32 Å². The molecular weight excluding hydrogens is 404 g/mol. The largest absolute Gasteiger partial charge is 0.350 e. The lowest BCUT2D eigenvalue weighted by Gasteiger charge is -2.35. The minimum atomic E-state index is -2.65. The molecule has 0 bridgehead atoms. The molecule has 4 rings (SSSR count). The lowest BCUT2D eigenvalue weighted by molar-refractivity contribution is -0.122. The number of fused-ring (bicyclic) bond motifs is 1. The molecule has 2 aromatic heterocycles. The van der Waals surface area contributed by atoms with E-state index in [0.29, 0.717) is 11.1 Å². The summed E-state index contributed by atoms with van der Waals surface area (Å²) >= 11 is 0. The summed E-state index contributed by atoms with van der Waals surface area (Å²) in [6.45, 7) is 1.21. The Balaban J connectivity index is 1.47. The highest BCUT2D eigenvalue weighted by Gasteiger charge is 2.45. The number of carbonyl (C=O) groups excluding carboxylic acids is 1. The zero-order valence-corrected chi connectivity index (χ0v) is 15.9. The van der Waals surface area contributed by atoms with Gasteiger partial charge in [0.15, 0.2) is 17.3 Å². The summed E-state index contributed by atoms with van der Waals surface area (Å²) < 4.78 is 54.8. The Morgan fingerprint density at radius 3 is 2.63 bits per heavy atom. The van der Waals surface area contributed by atoms with Crippen LogP contribution in [0.15, 0.2) is 41.3 Å². The molecule has 6 nitrogen and oxygen atoms in total. The molecule has 1 aromatic carbocycles. The van der Waals surface area contributed by atoms with Crippen LogP contribution in [-0.4, -0.2) is 26.0 Å². The predicted octanol–water partition coefficient (Wildman–Crippen LogP) is 3.16. The molecule has 1 aliphatic carbocycles. The van der Waals surface area contributed by atoms with Crippen LogP contribution >= 0.6 is 0 Å². The van der Waals surface area contributed by atoms with Crippen molar-refractivity contribution in [2.75, 3.05) is 0 Å². The number of benzene rings is 1. The summed E-state index contributed by atoms with van der Waals surface area (Å²) in [5, 5.41) is 6.70. The van der Waals surface area contributed by atoms with Crippen molar-refractivity contribution in [3.63, 3.8) is 0 Å². The third-order valence-electron chi connectivity index (χ3n) is 5.28. The molecule has 30 heavy (non-hydrogen) atoms. The molecule has 158 valence electrons. The van der Waals surface area contributed by atoms with Crippen LogP contribution in [0.4, 0.5) is 17.6 Å². The summed E-state index contributed by atoms with van der Waals surface area (Å²) in [4.78, 5) is 24.7. The first kappa shape index (κ1) is 20.1. The second-order valence-corrected chi connectivity index (χ2v) is 7.55. The van der Waals surface area contributed by atoms with Crippen molar-refractivity contribution < 1.29 is 22.4 Å². The fourth-order valence-electron chi connectivity index (χ4n) is 3.58. The van der Waals surface area contributed by atoms with Gasteiger partial charge in [0.1, 0.15) is 6.54 Å². The van der Waals surface area contributed by atoms with Crippen molar-refractivity contribution >= 4 is 11.6 Å². The Bertz CT molecular complexity index is 1180. The van der Waals surface area contributed by atoms with E-state index in [9.17, 15) is 27.2 Å². The van der Waals surface area contributed by atoms with Crippen molar-refractivity contribution in [3.05, 3.63) is 69.8 Å². The van der Waals surface area contributed by atoms with Crippen molar-refractivity contribution in [1.29, 1.82) is 0 Å². The first-order chi connectivity index (χ1) is 14.1. The van der Waals surface area contributed by atoms with Crippen molar-refractivity contribution in [2.24, 2.45) is 0 Å². The molecule has 3 aromatic rings. The number of pyridine rings is 1. The summed E-state index contributed by atoms with van der Waals surface area (Å²) in [6.07, 6.45) is 0.978. The van der Waals surface area contributed by atoms with Gasteiger partial charge in [0.05, 0.1) is 6.04 Å². The van der Waals surface area contributed by atoms with E-state index in [1.165, 1.54) is 16.7 Å². The van der Waals surface area contributed by atoms with Crippen LogP contribution in [-0.2, 0) is 11.3 Å². The minimum Gasteiger partial charge on any atom is -0.348 e. The first-order valence-corrected chi connectivity index (χ1v) is 9.34. The number of rotatable bonds is 5. The third kappa shape index (κ3) is 3.81. The third-order valence-corrected chi connectivity index (χ3v) is 5.28. The molecule has 1 aliphatic rings. The van der Waals surface area contributed by atoms with Gasteiger partial charge in [-0.2, -0.15) is 0 Å². The number of halogens is 4. The molecule has 1 atom stereocenters. The van der Waals surface area contributed by atoms with E-state index in [-0.39, 0.29) is 31.0 Å². The second-order valence-electron chi connectivity index (χ2n) is 7.55. The fraction of sp³-hybridized carbons (Fsp3) is 0.350. The van der Waals surface area contributed by atoms with Crippen LogP contribution in [0.25, 0.3) is 5.65 Å². The van der Waals surface area contributed by atoms with Crippen molar-refractivity contribution in [1.82, 2.24) is 19.5 Å². The minimum absolute atomic E-state index is 0.238. The van der Waals surface area contributed by atoms with E-state index < -0.39 is 35.2 Å². The Labute approximate surface area is 168 Å². The van der Waals surface area contributed by atoms with Gasteiger partial charge in [-0.15, -0.1) is 5.10 Å². The van der Waals surface area contributed by atoms with Crippen LogP contribution in [0.3, 0.4) is 0 Å². The number of carbonyl (C=O) groups is 1. The van der Waals surface area contributed by atoms with Gasteiger partial charge in [-0.3, -0.25) is 9.20 Å². The van der Waals surface area contributed by atoms with Crippen LogP contribution in [0, 0.1) is 11.6 Å². The van der Waals surface area contributed by atoms with Gasteiger partial charge in [-0.25, -0.2) is 27.0 Å². The molecule has 0 aliphatic heterocycles. The molecular formula is C20H18F4N4O2. The average Bonchev–Trinajstić information content (AvgIpc) is 2.96. The van der Waals surface area contributed by atoms with Crippen LogP contribution in [0.5, 0.6) is 0 Å². The molecule has 0 radical (unpaired) electrons. The van der Waals surface area contributed by atoms with E-state index in [4.69, 9.17) is 0 Å². The monoisotopic (exact) mass is 422 g/mol. The smallest absolute Gasteiger partial charge is 0.348 e. The summed E-state index contributed by atoms with van der Waals surface area (Å²) in [6, 6.07) is 5.86. The van der Waals surface area contributed by atoms with Gasteiger partial charge in [-0.05, 0) is 48.2 Å². The van der Waals surface area contributed by atoms with Crippen LogP contribution in [0.1, 0.15) is 42.9 Å². The second kappa shape index (κ2) is 7.26. The molecule has 10 heteroatoms. The van der Waals surface area contributed by atoms with E-state index in [1.54, 1.807) is 19.1 Å². The quantitative estimate of drug-likeness (QED) is 0.643. The Kier molecular flexibility index (Phi) is 4.87. The Morgan fingerprint density at radius 2 is 1.97 bits per heavy atom. The molecule has 1 fully saturated rings. The normalized spacial score (nSPS) is 17.0. The highest BCUT2D eigenvalue weighted by Crippen LogP contribution is 2.48. The molecule has 2 heterocycles.